The second kappa shape index (κ2) is 5.85. The highest BCUT2D eigenvalue weighted by atomic mass is 16.2. The fourth-order valence-electron chi connectivity index (χ4n) is 0.529. The van der Waals surface area contributed by atoms with Gasteiger partial charge in [-0.1, -0.05) is 6.92 Å². The van der Waals surface area contributed by atoms with Crippen molar-refractivity contribution in [1.29, 1.82) is 0 Å². The van der Waals surface area contributed by atoms with E-state index < -0.39 is 0 Å². The van der Waals surface area contributed by atoms with Gasteiger partial charge in [0.05, 0.1) is 13.1 Å². The fraction of sp³-hybridized carbons (Fsp3) is 0.714. The molecule has 0 unspecified atom stereocenters. The number of carbonyl (C=O) groups is 2. The summed E-state index contributed by atoms with van der Waals surface area (Å²) in [6, 6.07) is 0. The number of nitrogens with one attached hydrogen (secondary N) is 2. The van der Waals surface area contributed by atoms with Crippen LogP contribution in [-0.4, -0.2) is 31.8 Å². The summed E-state index contributed by atoms with van der Waals surface area (Å²) in [5, 5.41) is 5.17. The van der Waals surface area contributed by atoms with Gasteiger partial charge < -0.3 is 10.6 Å². The summed E-state index contributed by atoms with van der Waals surface area (Å²) in [5.74, 6) is 0.0165. The van der Waals surface area contributed by atoms with Crippen molar-refractivity contribution >= 4 is 11.7 Å². The molecule has 0 saturated carbocycles. The smallest absolute Gasteiger partial charge is 0.233 e. The van der Waals surface area contributed by atoms with Crippen LogP contribution >= 0.6 is 0 Å². The Morgan fingerprint density at radius 1 is 1.27 bits per heavy atom. The Kier molecular flexibility index (Phi) is 5.37. The first-order valence-electron chi connectivity index (χ1n) is 3.63. The fourth-order valence-corrected chi connectivity index (χ4v) is 0.529. The third kappa shape index (κ3) is 5.54. The maximum absolute atomic E-state index is 10.7. The first-order valence-corrected chi connectivity index (χ1v) is 3.63. The van der Waals surface area contributed by atoms with E-state index in [0.717, 1.165) is 0 Å². The van der Waals surface area contributed by atoms with Crippen molar-refractivity contribution in [2.45, 2.75) is 13.3 Å². The molecule has 0 heterocycles. The molecule has 0 aromatic carbocycles. The highest BCUT2D eigenvalue weighted by Gasteiger charge is 1.99. The van der Waals surface area contributed by atoms with Gasteiger partial charge in [-0.2, -0.15) is 0 Å². The molecule has 0 atom stereocenters. The standard InChI is InChI=1S/C7H14N2O2/c1-3-6(10)4-9-5-7(11)8-2/h9H,3-5H2,1-2H3,(H,8,11). The van der Waals surface area contributed by atoms with E-state index in [1.54, 1.807) is 14.0 Å². The zero-order valence-corrected chi connectivity index (χ0v) is 6.94. The van der Waals surface area contributed by atoms with Crippen LogP contribution in [0.25, 0.3) is 0 Å². The lowest BCUT2D eigenvalue weighted by Gasteiger charge is -2.00. The molecule has 11 heavy (non-hydrogen) atoms. The van der Waals surface area contributed by atoms with Crippen LogP contribution in [-0.2, 0) is 9.59 Å². The van der Waals surface area contributed by atoms with Crippen molar-refractivity contribution < 1.29 is 9.59 Å². The molecule has 1 amide bonds. The number of carbonyl (C=O) groups excluding carboxylic acids is 2. The normalized spacial score (nSPS) is 9.27. The van der Waals surface area contributed by atoms with Crippen LogP contribution in [0, 0.1) is 0 Å². The number of hydrogen-bond acceptors (Lipinski definition) is 3. The van der Waals surface area contributed by atoms with Gasteiger partial charge in [0.2, 0.25) is 5.91 Å². The summed E-state index contributed by atoms with van der Waals surface area (Å²) in [4.78, 5) is 21.3. The molecule has 4 heteroatoms. The Labute approximate surface area is 66.4 Å². The molecule has 0 fully saturated rings. The highest BCUT2D eigenvalue weighted by Crippen LogP contribution is 1.76. The number of rotatable bonds is 5. The van der Waals surface area contributed by atoms with Crippen molar-refractivity contribution in [3.05, 3.63) is 0 Å². The van der Waals surface area contributed by atoms with Gasteiger partial charge in [-0.25, -0.2) is 0 Å². The van der Waals surface area contributed by atoms with Crippen molar-refractivity contribution in [1.82, 2.24) is 10.6 Å². The van der Waals surface area contributed by atoms with E-state index >= 15 is 0 Å². The molecule has 0 aromatic heterocycles. The Morgan fingerprint density at radius 3 is 2.36 bits per heavy atom. The molecule has 0 rings (SSSR count). The van der Waals surface area contributed by atoms with Gasteiger partial charge in [0.15, 0.2) is 0 Å². The van der Waals surface area contributed by atoms with E-state index in [9.17, 15) is 9.59 Å². The minimum absolute atomic E-state index is 0.103. The van der Waals surface area contributed by atoms with Crippen LogP contribution in [0.15, 0.2) is 0 Å². The molecule has 0 spiro atoms. The average Bonchev–Trinajstić information content (AvgIpc) is 2.04. The van der Waals surface area contributed by atoms with E-state index in [0.29, 0.717) is 6.42 Å². The van der Waals surface area contributed by atoms with Crippen LogP contribution in [0.4, 0.5) is 0 Å². The predicted octanol–water partition coefficient (Wildman–Crippen LogP) is -0.699. The SMILES string of the molecule is CCC(=O)CNCC(=O)NC. The van der Waals surface area contributed by atoms with Gasteiger partial charge in [0, 0.05) is 13.5 Å². The maximum atomic E-state index is 10.7. The summed E-state index contributed by atoms with van der Waals surface area (Å²) in [5.41, 5.74) is 0. The summed E-state index contributed by atoms with van der Waals surface area (Å²) in [6.45, 7) is 2.29. The van der Waals surface area contributed by atoms with Gasteiger partial charge in [-0.15, -0.1) is 0 Å². The molecule has 0 radical (unpaired) electrons. The Morgan fingerprint density at radius 2 is 1.91 bits per heavy atom. The zero-order valence-electron chi connectivity index (χ0n) is 6.94. The van der Waals surface area contributed by atoms with Crippen LogP contribution in [0.1, 0.15) is 13.3 Å². The second-order valence-corrected chi connectivity index (χ2v) is 2.17. The molecule has 64 valence electrons. The Balaban J connectivity index is 3.27. The Hall–Kier alpha value is -0.900. The molecule has 0 aliphatic rings. The number of amides is 1. The molecular formula is C7H14N2O2. The van der Waals surface area contributed by atoms with Gasteiger partial charge in [0.1, 0.15) is 5.78 Å². The molecule has 0 saturated heterocycles. The van der Waals surface area contributed by atoms with Crippen molar-refractivity contribution in [2.75, 3.05) is 20.1 Å². The quantitative estimate of drug-likeness (QED) is 0.556. The minimum atomic E-state index is -0.103. The van der Waals surface area contributed by atoms with E-state index in [-0.39, 0.29) is 24.8 Å². The van der Waals surface area contributed by atoms with Crippen LogP contribution in [0.3, 0.4) is 0 Å². The van der Waals surface area contributed by atoms with Crippen LogP contribution < -0.4 is 10.6 Å². The van der Waals surface area contributed by atoms with Gasteiger partial charge in [0.25, 0.3) is 0 Å². The second-order valence-electron chi connectivity index (χ2n) is 2.17. The lowest BCUT2D eigenvalue weighted by Crippen LogP contribution is -2.34. The third-order valence-corrected chi connectivity index (χ3v) is 1.28. The molecule has 0 aliphatic heterocycles. The maximum Gasteiger partial charge on any atom is 0.233 e. The summed E-state index contributed by atoms with van der Waals surface area (Å²) < 4.78 is 0. The van der Waals surface area contributed by atoms with Gasteiger partial charge in [-0.3, -0.25) is 9.59 Å². The molecule has 4 nitrogen and oxygen atoms in total. The highest BCUT2D eigenvalue weighted by molar-refractivity contribution is 5.82. The van der Waals surface area contributed by atoms with Crippen molar-refractivity contribution in [3.63, 3.8) is 0 Å². The summed E-state index contributed by atoms with van der Waals surface area (Å²) in [7, 11) is 1.56. The third-order valence-electron chi connectivity index (χ3n) is 1.28. The first kappa shape index (κ1) is 10.1. The number of hydrogen-bond donors (Lipinski definition) is 2. The van der Waals surface area contributed by atoms with E-state index in [4.69, 9.17) is 0 Å². The number of ketones is 1. The van der Waals surface area contributed by atoms with Gasteiger partial charge in [-0.05, 0) is 0 Å². The zero-order chi connectivity index (χ0) is 8.69. The number of likely N-dealkylation sites (N-methyl/N-ethyl adjacent to an activating group) is 1. The molecule has 0 aromatic rings. The van der Waals surface area contributed by atoms with Gasteiger partial charge >= 0.3 is 0 Å². The summed E-state index contributed by atoms with van der Waals surface area (Å²) in [6.07, 6.45) is 0.515. The largest absolute Gasteiger partial charge is 0.358 e. The van der Waals surface area contributed by atoms with E-state index in [1.807, 2.05) is 0 Å². The molecular weight excluding hydrogens is 144 g/mol. The lowest BCUT2D eigenvalue weighted by molar-refractivity contribution is -0.120. The molecule has 2 N–H and O–H groups in total. The van der Waals surface area contributed by atoms with E-state index in [2.05, 4.69) is 10.6 Å². The monoisotopic (exact) mass is 158 g/mol. The molecule has 0 bridgehead atoms. The average molecular weight is 158 g/mol. The topological polar surface area (TPSA) is 58.2 Å². The first-order chi connectivity index (χ1) is 5.20. The predicted molar refractivity (Wildman–Crippen MR) is 42.2 cm³/mol. The van der Waals surface area contributed by atoms with E-state index in [1.165, 1.54) is 0 Å². The minimum Gasteiger partial charge on any atom is -0.358 e. The lowest BCUT2D eigenvalue weighted by atomic mass is 10.3. The number of Topliss-reactive ketones (excluding diaryl/α,β-unsaturated/α-hetero) is 1. The van der Waals surface area contributed by atoms with Crippen molar-refractivity contribution in [2.24, 2.45) is 0 Å². The Bertz CT molecular complexity index is 129. The molecule has 0 aliphatic carbocycles. The van der Waals surface area contributed by atoms with Crippen LogP contribution in [0.2, 0.25) is 0 Å². The van der Waals surface area contributed by atoms with Crippen molar-refractivity contribution in [3.8, 4) is 0 Å². The summed E-state index contributed by atoms with van der Waals surface area (Å²) >= 11 is 0. The van der Waals surface area contributed by atoms with Crippen LogP contribution in [0.5, 0.6) is 0 Å².